The Bertz CT molecular complexity index is 1850. The maximum Gasteiger partial charge on any atom is 0.290 e. The van der Waals surface area contributed by atoms with Crippen molar-refractivity contribution in [2.75, 3.05) is 43.6 Å². The number of carbonyl (C=O) groups excluding carboxylic acids is 1. The standard InChI is InChI=1S/C33H41N9O3/c1-6-23-24(7-8-34-30(23)41-11-10-40-27(32(41)44)15-21-18-33(2,3)19-28(21)40)25-17-26(31(43)38(4)36-25)35-29-16-22-20-39(13-14-45-5)9-12-42(22)37-29/h7-8,15-17H,6,9-14,18-20H2,1-5H3,(H,35,37). The molecule has 12 nitrogen and oxygen atoms in total. The van der Waals surface area contributed by atoms with Gasteiger partial charge in [-0.05, 0) is 48.4 Å². The number of hydrogen-bond donors (Lipinski definition) is 1. The highest BCUT2D eigenvalue weighted by Gasteiger charge is 2.37. The van der Waals surface area contributed by atoms with E-state index in [9.17, 15) is 9.59 Å². The van der Waals surface area contributed by atoms with Gasteiger partial charge in [0.05, 0.1) is 24.5 Å². The second kappa shape index (κ2) is 11.3. The fourth-order valence-corrected chi connectivity index (χ4v) is 7.18. The van der Waals surface area contributed by atoms with Gasteiger partial charge < -0.3 is 14.6 Å². The first-order valence-electron chi connectivity index (χ1n) is 15.8. The largest absolute Gasteiger partial charge is 0.383 e. The van der Waals surface area contributed by atoms with Crippen LogP contribution >= 0.6 is 0 Å². The molecule has 7 rings (SSSR count). The van der Waals surface area contributed by atoms with Crippen LogP contribution in [0.3, 0.4) is 0 Å². The van der Waals surface area contributed by atoms with E-state index in [-0.39, 0.29) is 16.9 Å². The summed E-state index contributed by atoms with van der Waals surface area (Å²) in [6.45, 7) is 11.9. The van der Waals surface area contributed by atoms with Crippen LogP contribution in [0.1, 0.15) is 53.8 Å². The van der Waals surface area contributed by atoms with Gasteiger partial charge in [-0.25, -0.2) is 9.67 Å². The number of pyridine rings is 1. The third-order valence-corrected chi connectivity index (χ3v) is 9.36. The molecule has 0 saturated carbocycles. The lowest BCUT2D eigenvalue weighted by atomic mass is 9.90. The summed E-state index contributed by atoms with van der Waals surface area (Å²) in [6.07, 6.45) is 4.36. The van der Waals surface area contributed by atoms with Gasteiger partial charge in [0.25, 0.3) is 11.5 Å². The summed E-state index contributed by atoms with van der Waals surface area (Å²) < 4.78 is 10.8. The molecule has 0 bridgehead atoms. The first kappa shape index (κ1) is 29.4. The van der Waals surface area contributed by atoms with Crippen LogP contribution in [0, 0.1) is 5.41 Å². The summed E-state index contributed by atoms with van der Waals surface area (Å²) in [6, 6.07) is 7.77. The molecule has 1 amide bonds. The molecule has 12 heteroatoms. The molecule has 236 valence electrons. The third kappa shape index (κ3) is 5.25. The van der Waals surface area contributed by atoms with Crippen LogP contribution in [0.25, 0.3) is 11.3 Å². The number of amides is 1. The van der Waals surface area contributed by atoms with E-state index >= 15 is 0 Å². The lowest BCUT2D eigenvalue weighted by Crippen LogP contribution is -2.41. The summed E-state index contributed by atoms with van der Waals surface area (Å²) in [5.41, 5.74) is 7.19. The minimum Gasteiger partial charge on any atom is -0.383 e. The van der Waals surface area contributed by atoms with Crippen molar-refractivity contribution in [1.29, 1.82) is 0 Å². The number of fused-ring (bicyclic) bond motifs is 4. The summed E-state index contributed by atoms with van der Waals surface area (Å²) in [5.74, 6) is 1.25. The van der Waals surface area contributed by atoms with Crippen molar-refractivity contribution >= 4 is 23.2 Å². The highest BCUT2D eigenvalue weighted by Crippen LogP contribution is 2.40. The molecule has 1 aliphatic carbocycles. The second-order valence-corrected chi connectivity index (χ2v) is 13.2. The molecule has 0 unspecified atom stereocenters. The molecule has 1 N–H and O–H groups in total. The molecule has 6 heterocycles. The molecule has 0 fully saturated rings. The highest BCUT2D eigenvalue weighted by molar-refractivity contribution is 6.06. The van der Waals surface area contributed by atoms with Gasteiger partial charge in [-0.15, -0.1) is 0 Å². The minimum absolute atomic E-state index is 0.0203. The van der Waals surface area contributed by atoms with Crippen molar-refractivity contribution in [1.82, 2.24) is 34.0 Å². The van der Waals surface area contributed by atoms with Crippen LogP contribution in [-0.4, -0.2) is 73.3 Å². The first-order valence-corrected chi connectivity index (χ1v) is 15.8. The summed E-state index contributed by atoms with van der Waals surface area (Å²) >= 11 is 0. The number of methoxy groups -OCH3 is 1. The number of carbonyl (C=O) groups is 1. The van der Waals surface area contributed by atoms with E-state index < -0.39 is 0 Å². The van der Waals surface area contributed by atoms with Crippen molar-refractivity contribution in [2.24, 2.45) is 12.5 Å². The highest BCUT2D eigenvalue weighted by atomic mass is 16.5. The molecule has 0 radical (unpaired) electrons. The van der Waals surface area contributed by atoms with Gasteiger partial charge in [-0.3, -0.25) is 24.1 Å². The number of nitrogens with one attached hydrogen (secondary N) is 1. The maximum absolute atomic E-state index is 13.9. The smallest absolute Gasteiger partial charge is 0.290 e. The van der Waals surface area contributed by atoms with Crippen molar-refractivity contribution in [3.63, 3.8) is 0 Å². The lowest BCUT2D eigenvalue weighted by molar-refractivity contribution is 0.0963. The van der Waals surface area contributed by atoms with E-state index in [2.05, 4.69) is 46.7 Å². The zero-order valence-corrected chi connectivity index (χ0v) is 26.8. The average Bonchev–Trinajstić information content (AvgIpc) is 3.67. The Kier molecular flexibility index (Phi) is 7.36. The van der Waals surface area contributed by atoms with E-state index in [1.165, 1.54) is 15.9 Å². The quantitative estimate of drug-likeness (QED) is 0.323. The van der Waals surface area contributed by atoms with Gasteiger partial charge in [0.2, 0.25) is 0 Å². The topological polar surface area (TPSA) is 115 Å². The molecular formula is C33H41N9O3. The van der Waals surface area contributed by atoms with Gasteiger partial charge in [0.15, 0.2) is 5.82 Å². The molecule has 0 aromatic carbocycles. The van der Waals surface area contributed by atoms with Crippen LogP contribution in [0.5, 0.6) is 0 Å². The molecule has 3 aliphatic rings. The Morgan fingerprint density at radius 1 is 1.04 bits per heavy atom. The van der Waals surface area contributed by atoms with Crippen LogP contribution in [0.15, 0.2) is 35.3 Å². The normalized spacial score (nSPS) is 17.4. The molecular weight excluding hydrogens is 570 g/mol. The fourth-order valence-electron chi connectivity index (χ4n) is 7.18. The molecule has 45 heavy (non-hydrogen) atoms. The number of anilines is 3. The number of ether oxygens (including phenoxy) is 1. The number of aromatic nitrogens is 6. The number of rotatable bonds is 8. The van der Waals surface area contributed by atoms with E-state index in [1.54, 1.807) is 26.4 Å². The third-order valence-electron chi connectivity index (χ3n) is 9.36. The summed E-state index contributed by atoms with van der Waals surface area (Å²) in [7, 11) is 3.37. The van der Waals surface area contributed by atoms with E-state index in [4.69, 9.17) is 14.8 Å². The molecule has 0 saturated heterocycles. The Hall–Kier alpha value is -4.29. The van der Waals surface area contributed by atoms with Crippen LogP contribution in [0.2, 0.25) is 0 Å². The van der Waals surface area contributed by atoms with Gasteiger partial charge in [0.1, 0.15) is 17.2 Å². The SMILES string of the molecule is CCc1c(-c2cc(Nc3cc4n(n3)CCN(CCOC)C4)c(=O)n(C)n2)ccnc1N1CCn2c(cc3c2CC(C)(C)C3)C1=O. The molecule has 0 spiro atoms. The number of nitrogens with zero attached hydrogens (tertiary/aromatic N) is 8. The lowest BCUT2D eigenvalue weighted by Gasteiger charge is -2.31. The van der Waals surface area contributed by atoms with E-state index in [0.717, 1.165) is 68.1 Å². The Labute approximate surface area is 262 Å². The van der Waals surface area contributed by atoms with E-state index in [1.807, 2.05) is 21.7 Å². The Morgan fingerprint density at radius 3 is 2.69 bits per heavy atom. The Morgan fingerprint density at radius 2 is 1.89 bits per heavy atom. The monoisotopic (exact) mass is 611 g/mol. The van der Waals surface area contributed by atoms with Gasteiger partial charge in [-0.2, -0.15) is 10.2 Å². The first-order chi connectivity index (χ1) is 21.7. The zero-order valence-electron chi connectivity index (χ0n) is 26.8. The zero-order chi connectivity index (χ0) is 31.5. The second-order valence-electron chi connectivity index (χ2n) is 13.2. The number of hydrogen-bond acceptors (Lipinski definition) is 8. The van der Waals surface area contributed by atoms with Gasteiger partial charge in [0, 0.05) is 76.0 Å². The van der Waals surface area contributed by atoms with Crippen molar-refractivity contribution < 1.29 is 9.53 Å². The minimum atomic E-state index is -0.248. The molecule has 4 aromatic rings. The Balaban J connectivity index is 1.18. The molecule has 2 aliphatic heterocycles. The van der Waals surface area contributed by atoms with Gasteiger partial charge in [-0.1, -0.05) is 20.8 Å². The molecule has 0 atom stereocenters. The van der Waals surface area contributed by atoms with Crippen molar-refractivity contribution in [3.05, 3.63) is 69.0 Å². The fraction of sp³-hybridized carbons (Fsp3) is 0.485. The van der Waals surface area contributed by atoms with Gasteiger partial charge >= 0.3 is 0 Å². The van der Waals surface area contributed by atoms with Crippen molar-refractivity contribution in [2.45, 2.75) is 59.7 Å². The van der Waals surface area contributed by atoms with Crippen molar-refractivity contribution in [3.8, 4) is 11.3 Å². The maximum atomic E-state index is 13.9. The molecule has 4 aromatic heterocycles. The van der Waals surface area contributed by atoms with E-state index in [0.29, 0.717) is 42.6 Å². The average molecular weight is 612 g/mol. The predicted molar refractivity (Wildman–Crippen MR) is 172 cm³/mol. The summed E-state index contributed by atoms with van der Waals surface area (Å²) in [5, 5.41) is 12.6. The van der Waals surface area contributed by atoms with Crippen LogP contribution < -0.4 is 15.8 Å². The van der Waals surface area contributed by atoms with Crippen LogP contribution in [-0.2, 0) is 50.7 Å². The predicted octanol–water partition coefficient (Wildman–Crippen LogP) is 3.39. The summed E-state index contributed by atoms with van der Waals surface area (Å²) in [4.78, 5) is 36.0. The van der Waals surface area contributed by atoms with Crippen LogP contribution in [0.4, 0.5) is 17.3 Å². The number of aryl methyl sites for hydroxylation is 1.